The van der Waals surface area contributed by atoms with Crippen molar-refractivity contribution in [3.05, 3.63) is 29.8 Å². The Balaban J connectivity index is 2.81. The van der Waals surface area contributed by atoms with Crippen LogP contribution >= 0.6 is 0 Å². The monoisotopic (exact) mass is 229 g/mol. The molecule has 0 aliphatic heterocycles. The lowest BCUT2D eigenvalue weighted by molar-refractivity contribution is -0.125. The highest BCUT2D eigenvalue weighted by Gasteiger charge is 2.18. The summed E-state index contributed by atoms with van der Waals surface area (Å²) in [6.07, 6.45) is 0.188. The largest absolute Gasteiger partial charge is 0.478 e. The molecule has 3 nitrogen and oxygen atoms in total. The fourth-order valence-electron chi connectivity index (χ4n) is 1.25. The van der Waals surface area contributed by atoms with E-state index in [1.165, 1.54) is 0 Å². The number of nitrogens with two attached hydrogens (primary N) is 1. The van der Waals surface area contributed by atoms with Gasteiger partial charge in [-0.1, -0.05) is 13.3 Å². The van der Waals surface area contributed by atoms with Gasteiger partial charge in [-0.05, 0) is 18.6 Å². The van der Waals surface area contributed by atoms with Crippen LogP contribution in [0.5, 0.6) is 5.75 Å². The highest BCUT2D eigenvalue weighted by Crippen LogP contribution is 2.20. The topological polar surface area (TPSA) is 52.3 Å². The molecule has 1 aromatic rings. The zero-order chi connectivity index (χ0) is 12.1. The molecule has 0 radical (unpaired) electrons. The fourth-order valence-corrected chi connectivity index (χ4v) is 1.25. The van der Waals surface area contributed by atoms with Crippen LogP contribution in [0.3, 0.4) is 0 Å². The molecule has 1 atom stereocenters. The second-order valence-corrected chi connectivity index (χ2v) is 3.37. The van der Waals surface area contributed by atoms with E-state index in [1.807, 2.05) is 6.92 Å². The summed E-state index contributed by atoms with van der Waals surface area (Å²) >= 11 is 0. The molecule has 2 N–H and O–H groups in total. The SMILES string of the molecule is CCCC(Oc1ccc(F)cc1F)C(N)=O. The highest BCUT2D eigenvalue weighted by molar-refractivity contribution is 5.79. The third-order valence-corrected chi connectivity index (χ3v) is 2.03. The predicted molar refractivity (Wildman–Crippen MR) is 54.9 cm³/mol. The van der Waals surface area contributed by atoms with E-state index in [1.54, 1.807) is 0 Å². The quantitative estimate of drug-likeness (QED) is 0.839. The summed E-state index contributed by atoms with van der Waals surface area (Å²) in [7, 11) is 0. The molecule has 88 valence electrons. The first-order chi connectivity index (χ1) is 7.54. The molecule has 1 unspecified atom stereocenters. The maximum atomic E-state index is 13.2. The molecule has 16 heavy (non-hydrogen) atoms. The van der Waals surface area contributed by atoms with Crippen LogP contribution in [-0.2, 0) is 4.79 Å². The van der Waals surface area contributed by atoms with Gasteiger partial charge < -0.3 is 10.5 Å². The fraction of sp³-hybridized carbons (Fsp3) is 0.364. The van der Waals surface area contributed by atoms with Crippen molar-refractivity contribution in [1.82, 2.24) is 0 Å². The van der Waals surface area contributed by atoms with Crippen LogP contribution < -0.4 is 10.5 Å². The predicted octanol–water partition coefficient (Wildman–Crippen LogP) is 2.00. The number of rotatable bonds is 5. The van der Waals surface area contributed by atoms with Gasteiger partial charge in [0.25, 0.3) is 5.91 Å². The van der Waals surface area contributed by atoms with E-state index >= 15 is 0 Å². The van der Waals surface area contributed by atoms with Crippen LogP contribution in [0, 0.1) is 11.6 Å². The molecule has 0 spiro atoms. The van der Waals surface area contributed by atoms with Crippen LogP contribution in [0.1, 0.15) is 19.8 Å². The summed E-state index contributed by atoms with van der Waals surface area (Å²) in [4.78, 5) is 11.0. The first-order valence-corrected chi connectivity index (χ1v) is 4.95. The summed E-state index contributed by atoms with van der Waals surface area (Å²) in [5.41, 5.74) is 5.09. The average Bonchev–Trinajstić information content (AvgIpc) is 2.20. The number of carbonyl (C=O) groups is 1. The second-order valence-electron chi connectivity index (χ2n) is 3.37. The zero-order valence-corrected chi connectivity index (χ0v) is 8.87. The minimum Gasteiger partial charge on any atom is -0.478 e. The maximum absolute atomic E-state index is 13.2. The lowest BCUT2D eigenvalue weighted by Crippen LogP contribution is -2.33. The van der Waals surface area contributed by atoms with Crippen molar-refractivity contribution in [3.63, 3.8) is 0 Å². The van der Waals surface area contributed by atoms with Gasteiger partial charge in [-0.2, -0.15) is 0 Å². The maximum Gasteiger partial charge on any atom is 0.258 e. The van der Waals surface area contributed by atoms with Crippen molar-refractivity contribution >= 4 is 5.91 Å². The number of amides is 1. The van der Waals surface area contributed by atoms with Gasteiger partial charge in [0.1, 0.15) is 5.82 Å². The minimum absolute atomic E-state index is 0.168. The third kappa shape index (κ3) is 3.18. The van der Waals surface area contributed by atoms with Crippen LogP contribution in [0.2, 0.25) is 0 Å². The number of benzene rings is 1. The first kappa shape index (κ1) is 12.4. The Morgan fingerprint density at radius 3 is 2.69 bits per heavy atom. The Hall–Kier alpha value is -1.65. The Kier molecular flexibility index (Phi) is 4.22. The molecule has 0 fully saturated rings. The number of hydrogen-bond donors (Lipinski definition) is 1. The standard InChI is InChI=1S/C11H13F2NO2/c1-2-3-10(11(14)15)16-9-5-4-7(12)6-8(9)13/h4-6,10H,2-3H2,1H3,(H2,14,15). The van der Waals surface area contributed by atoms with Crippen LogP contribution in [0.25, 0.3) is 0 Å². The summed E-state index contributed by atoms with van der Waals surface area (Å²) in [5, 5.41) is 0. The molecular weight excluding hydrogens is 216 g/mol. The van der Waals surface area contributed by atoms with Gasteiger partial charge in [0, 0.05) is 6.07 Å². The van der Waals surface area contributed by atoms with E-state index in [2.05, 4.69) is 0 Å². The molecule has 0 aliphatic rings. The Morgan fingerprint density at radius 2 is 2.19 bits per heavy atom. The second kappa shape index (κ2) is 5.44. The van der Waals surface area contributed by atoms with Crippen LogP contribution in [0.4, 0.5) is 8.78 Å². The third-order valence-electron chi connectivity index (χ3n) is 2.03. The van der Waals surface area contributed by atoms with Gasteiger partial charge in [0.2, 0.25) is 0 Å². The number of hydrogen-bond acceptors (Lipinski definition) is 2. The number of carbonyl (C=O) groups excluding carboxylic acids is 1. The molecule has 1 rings (SSSR count). The highest BCUT2D eigenvalue weighted by atomic mass is 19.1. The van der Waals surface area contributed by atoms with Gasteiger partial charge in [-0.3, -0.25) is 4.79 Å². The van der Waals surface area contributed by atoms with Gasteiger partial charge in [-0.25, -0.2) is 8.78 Å². The first-order valence-electron chi connectivity index (χ1n) is 4.95. The van der Waals surface area contributed by atoms with E-state index in [-0.39, 0.29) is 5.75 Å². The van der Waals surface area contributed by atoms with Gasteiger partial charge in [0.15, 0.2) is 17.7 Å². The minimum atomic E-state index is -0.884. The summed E-state index contributed by atoms with van der Waals surface area (Å²) < 4.78 is 30.9. The van der Waals surface area contributed by atoms with Crippen molar-refractivity contribution in [2.24, 2.45) is 5.73 Å². The molecular formula is C11H13F2NO2. The number of halogens is 2. The molecule has 1 aromatic carbocycles. The van der Waals surface area contributed by atoms with E-state index in [0.29, 0.717) is 18.9 Å². The molecule has 0 aromatic heterocycles. The van der Waals surface area contributed by atoms with E-state index in [0.717, 1.165) is 12.1 Å². The van der Waals surface area contributed by atoms with E-state index in [4.69, 9.17) is 10.5 Å². The molecule has 5 heteroatoms. The summed E-state index contributed by atoms with van der Waals surface area (Å²) in [6.45, 7) is 1.85. The molecule has 0 saturated heterocycles. The van der Waals surface area contributed by atoms with Crippen molar-refractivity contribution < 1.29 is 18.3 Å². The van der Waals surface area contributed by atoms with Crippen molar-refractivity contribution in [2.45, 2.75) is 25.9 Å². The lowest BCUT2D eigenvalue weighted by Gasteiger charge is -2.15. The lowest BCUT2D eigenvalue weighted by atomic mass is 10.2. The van der Waals surface area contributed by atoms with Crippen LogP contribution in [-0.4, -0.2) is 12.0 Å². The molecule has 0 heterocycles. The van der Waals surface area contributed by atoms with E-state index in [9.17, 15) is 13.6 Å². The molecule has 0 bridgehead atoms. The van der Waals surface area contributed by atoms with Crippen molar-refractivity contribution in [3.8, 4) is 5.75 Å². The van der Waals surface area contributed by atoms with Crippen LogP contribution in [0.15, 0.2) is 18.2 Å². The molecule has 0 saturated carbocycles. The van der Waals surface area contributed by atoms with Gasteiger partial charge >= 0.3 is 0 Å². The Labute approximate surface area is 92.2 Å². The summed E-state index contributed by atoms with van der Waals surface area (Å²) in [5.74, 6) is -2.37. The Morgan fingerprint density at radius 1 is 1.50 bits per heavy atom. The van der Waals surface area contributed by atoms with Gasteiger partial charge in [-0.15, -0.1) is 0 Å². The van der Waals surface area contributed by atoms with Gasteiger partial charge in [0.05, 0.1) is 0 Å². The number of primary amides is 1. The Bertz CT molecular complexity index is 382. The molecule has 0 aliphatic carbocycles. The van der Waals surface area contributed by atoms with Crippen molar-refractivity contribution in [1.29, 1.82) is 0 Å². The number of ether oxygens (including phenoxy) is 1. The molecule has 1 amide bonds. The van der Waals surface area contributed by atoms with Crippen molar-refractivity contribution in [2.75, 3.05) is 0 Å². The zero-order valence-electron chi connectivity index (χ0n) is 8.87. The normalized spacial score (nSPS) is 12.2. The smallest absolute Gasteiger partial charge is 0.258 e. The average molecular weight is 229 g/mol. The van der Waals surface area contributed by atoms with E-state index < -0.39 is 23.6 Å². The summed E-state index contributed by atoms with van der Waals surface area (Å²) in [6, 6.07) is 2.89.